The van der Waals surface area contributed by atoms with Gasteiger partial charge in [-0.15, -0.1) is 0 Å². The van der Waals surface area contributed by atoms with Crippen LogP contribution in [-0.4, -0.2) is 44.7 Å². The topological polar surface area (TPSA) is 93.7 Å². The van der Waals surface area contributed by atoms with Gasteiger partial charge in [0.15, 0.2) is 0 Å². The molecule has 0 radical (unpaired) electrons. The second-order valence-corrected chi connectivity index (χ2v) is 8.87. The number of piperidine rings is 1. The molecule has 1 aliphatic heterocycles. The minimum absolute atomic E-state index is 0.00360. The van der Waals surface area contributed by atoms with E-state index in [4.69, 9.17) is 9.47 Å². The van der Waals surface area contributed by atoms with Crippen molar-refractivity contribution >= 4 is 15.8 Å². The van der Waals surface area contributed by atoms with Crippen molar-refractivity contribution in [3.05, 3.63) is 35.8 Å². The number of ether oxygens (including phenoxy) is 2. The fourth-order valence-corrected chi connectivity index (χ4v) is 4.55. The van der Waals surface area contributed by atoms with Crippen LogP contribution in [0.25, 0.3) is 0 Å². The first-order chi connectivity index (χ1) is 14.4. The van der Waals surface area contributed by atoms with E-state index >= 15 is 0 Å². The molecule has 9 heteroatoms. The first kappa shape index (κ1) is 22.3. The molecule has 8 nitrogen and oxygen atoms in total. The molecule has 0 spiro atoms. The van der Waals surface area contributed by atoms with E-state index < -0.39 is 10.0 Å². The largest absolute Gasteiger partial charge is 0.494 e. The van der Waals surface area contributed by atoms with E-state index in [1.807, 2.05) is 19.9 Å². The lowest BCUT2D eigenvalue weighted by Gasteiger charge is -2.28. The molecule has 0 atom stereocenters. The van der Waals surface area contributed by atoms with E-state index in [1.54, 1.807) is 19.1 Å². The molecule has 1 saturated heterocycles. The Kier molecular flexibility index (Phi) is 7.49. The molecule has 1 fully saturated rings. The Labute approximate surface area is 178 Å². The van der Waals surface area contributed by atoms with Crippen LogP contribution in [0.15, 0.2) is 29.2 Å². The van der Waals surface area contributed by atoms with Gasteiger partial charge in [-0.3, -0.25) is 0 Å². The van der Waals surface area contributed by atoms with Gasteiger partial charge < -0.3 is 14.4 Å². The molecule has 1 aliphatic rings. The van der Waals surface area contributed by atoms with Gasteiger partial charge in [-0.2, -0.15) is 0 Å². The number of nitrogens with zero attached hydrogens (tertiary/aromatic N) is 3. The van der Waals surface area contributed by atoms with Gasteiger partial charge in [0.25, 0.3) is 0 Å². The summed E-state index contributed by atoms with van der Waals surface area (Å²) in [7, 11) is -3.82. The van der Waals surface area contributed by atoms with Gasteiger partial charge >= 0.3 is 0 Å². The number of hydrogen-bond acceptors (Lipinski definition) is 7. The zero-order chi connectivity index (χ0) is 21.6. The van der Waals surface area contributed by atoms with Crippen LogP contribution < -0.4 is 19.1 Å². The van der Waals surface area contributed by atoms with E-state index in [0.29, 0.717) is 24.8 Å². The molecule has 164 valence electrons. The van der Waals surface area contributed by atoms with Gasteiger partial charge in [-0.1, -0.05) is 0 Å². The summed E-state index contributed by atoms with van der Waals surface area (Å²) in [5.41, 5.74) is 0.816. The first-order valence-electron chi connectivity index (χ1n) is 10.4. The van der Waals surface area contributed by atoms with Crippen molar-refractivity contribution in [2.75, 3.05) is 31.2 Å². The van der Waals surface area contributed by atoms with Gasteiger partial charge in [0.1, 0.15) is 28.0 Å². The van der Waals surface area contributed by atoms with Crippen LogP contribution in [0, 0.1) is 6.92 Å². The van der Waals surface area contributed by atoms with E-state index in [1.165, 1.54) is 12.5 Å². The Balaban J connectivity index is 1.78. The maximum absolute atomic E-state index is 12.9. The molecule has 0 saturated carbocycles. The summed E-state index contributed by atoms with van der Waals surface area (Å²) in [5.74, 6) is 2.12. The zero-order valence-corrected chi connectivity index (χ0v) is 18.7. The summed E-state index contributed by atoms with van der Waals surface area (Å²) in [6.07, 6.45) is 3.52. The molecule has 1 N–H and O–H groups in total. The van der Waals surface area contributed by atoms with Crippen molar-refractivity contribution in [3.63, 3.8) is 0 Å². The molecule has 2 heterocycles. The molecule has 0 amide bonds. The highest BCUT2D eigenvalue weighted by Crippen LogP contribution is 2.29. The van der Waals surface area contributed by atoms with Crippen molar-refractivity contribution in [1.29, 1.82) is 0 Å². The fourth-order valence-electron chi connectivity index (χ4n) is 3.45. The highest BCUT2D eigenvalue weighted by atomic mass is 32.2. The molecule has 0 bridgehead atoms. The van der Waals surface area contributed by atoms with Crippen molar-refractivity contribution in [2.45, 2.75) is 51.5 Å². The Hall–Kier alpha value is -2.39. The number of aryl methyl sites for hydroxylation is 1. The predicted molar refractivity (Wildman–Crippen MR) is 116 cm³/mol. The number of sulfonamides is 1. The number of anilines is 1. The van der Waals surface area contributed by atoms with Gasteiger partial charge in [0, 0.05) is 30.9 Å². The molecule has 0 unspecified atom stereocenters. The number of nitrogens with one attached hydrogen (secondary N) is 1. The van der Waals surface area contributed by atoms with E-state index in [-0.39, 0.29) is 17.2 Å². The second kappa shape index (κ2) is 10.1. The minimum atomic E-state index is -3.82. The summed E-state index contributed by atoms with van der Waals surface area (Å²) >= 11 is 0. The van der Waals surface area contributed by atoms with Crippen LogP contribution >= 0.6 is 0 Å². The highest BCUT2D eigenvalue weighted by Gasteiger charge is 2.21. The Morgan fingerprint density at radius 2 is 1.77 bits per heavy atom. The normalized spacial score (nSPS) is 14.6. The monoisotopic (exact) mass is 434 g/mol. The number of benzene rings is 1. The summed E-state index contributed by atoms with van der Waals surface area (Å²) < 4.78 is 39.5. The molecule has 1 aromatic carbocycles. The number of aromatic nitrogens is 2. The number of rotatable bonds is 9. The maximum Gasteiger partial charge on any atom is 0.244 e. The quantitative estimate of drug-likeness (QED) is 0.648. The minimum Gasteiger partial charge on any atom is -0.494 e. The SMILES string of the molecule is CCOc1ccc(S(=O)(=O)NCc2nc(C)cc(N3CCCCC3)n2)c(OCC)c1. The van der Waals surface area contributed by atoms with Crippen molar-refractivity contribution in [1.82, 2.24) is 14.7 Å². The molecule has 3 rings (SSSR count). The number of hydrogen-bond donors (Lipinski definition) is 1. The second-order valence-electron chi connectivity index (χ2n) is 7.13. The summed E-state index contributed by atoms with van der Waals surface area (Å²) in [5, 5.41) is 0. The Morgan fingerprint density at radius 1 is 1.03 bits per heavy atom. The van der Waals surface area contributed by atoms with Gasteiger partial charge in [-0.05, 0) is 52.2 Å². The fraction of sp³-hybridized carbons (Fsp3) is 0.524. The average molecular weight is 435 g/mol. The van der Waals surface area contributed by atoms with Crippen molar-refractivity contribution < 1.29 is 17.9 Å². The molecule has 0 aliphatic carbocycles. The molecule has 1 aromatic heterocycles. The lowest BCUT2D eigenvalue weighted by molar-refractivity contribution is 0.317. The zero-order valence-electron chi connectivity index (χ0n) is 17.8. The van der Waals surface area contributed by atoms with Crippen LogP contribution in [0.2, 0.25) is 0 Å². The Morgan fingerprint density at radius 3 is 2.47 bits per heavy atom. The van der Waals surface area contributed by atoms with E-state index in [2.05, 4.69) is 19.6 Å². The summed E-state index contributed by atoms with van der Waals surface area (Å²) in [6, 6.07) is 6.66. The van der Waals surface area contributed by atoms with E-state index in [0.717, 1.165) is 37.4 Å². The third-order valence-electron chi connectivity index (χ3n) is 4.80. The summed E-state index contributed by atoms with van der Waals surface area (Å²) in [4.78, 5) is 11.3. The lowest BCUT2D eigenvalue weighted by atomic mass is 10.1. The third kappa shape index (κ3) is 5.60. The van der Waals surface area contributed by atoms with Crippen LogP contribution in [-0.2, 0) is 16.6 Å². The summed E-state index contributed by atoms with van der Waals surface area (Å²) in [6.45, 7) is 8.33. The van der Waals surface area contributed by atoms with Crippen LogP contribution in [0.3, 0.4) is 0 Å². The molecule has 30 heavy (non-hydrogen) atoms. The van der Waals surface area contributed by atoms with Gasteiger partial charge in [-0.25, -0.2) is 23.1 Å². The molecular formula is C21H30N4O4S. The smallest absolute Gasteiger partial charge is 0.244 e. The van der Waals surface area contributed by atoms with E-state index in [9.17, 15) is 8.42 Å². The standard InChI is InChI=1S/C21H30N4O4S/c1-4-28-17-9-10-19(18(14-17)29-5-2)30(26,27)22-15-20-23-16(3)13-21(24-20)25-11-7-6-8-12-25/h9-10,13-14,22H,4-8,11-12,15H2,1-3H3. The first-order valence-corrected chi connectivity index (χ1v) is 11.9. The van der Waals surface area contributed by atoms with Gasteiger partial charge in [0.05, 0.1) is 19.8 Å². The third-order valence-corrected chi connectivity index (χ3v) is 6.24. The Bertz CT molecular complexity index is 959. The molecular weight excluding hydrogens is 404 g/mol. The van der Waals surface area contributed by atoms with Crippen LogP contribution in [0.5, 0.6) is 11.5 Å². The van der Waals surface area contributed by atoms with Gasteiger partial charge in [0.2, 0.25) is 10.0 Å². The lowest BCUT2D eigenvalue weighted by Crippen LogP contribution is -2.31. The predicted octanol–water partition coefficient (Wildman–Crippen LogP) is 3.05. The highest BCUT2D eigenvalue weighted by molar-refractivity contribution is 7.89. The van der Waals surface area contributed by atoms with Crippen molar-refractivity contribution in [2.24, 2.45) is 0 Å². The van der Waals surface area contributed by atoms with Crippen LogP contribution in [0.4, 0.5) is 5.82 Å². The van der Waals surface area contributed by atoms with Crippen molar-refractivity contribution in [3.8, 4) is 11.5 Å². The van der Waals surface area contributed by atoms with Crippen LogP contribution in [0.1, 0.15) is 44.6 Å². The molecule has 2 aromatic rings. The maximum atomic E-state index is 12.9. The average Bonchev–Trinajstić information content (AvgIpc) is 2.73.